The fourth-order valence-electron chi connectivity index (χ4n) is 1.97. The summed E-state index contributed by atoms with van der Waals surface area (Å²) in [6.07, 6.45) is 0. The molecule has 0 unspecified atom stereocenters. The van der Waals surface area contributed by atoms with Gasteiger partial charge in [-0.05, 0) is 43.7 Å². The van der Waals surface area contributed by atoms with Gasteiger partial charge in [-0.15, -0.1) is 0 Å². The molecule has 0 aromatic heterocycles. The van der Waals surface area contributed by atoms with Gasteiger partial charge in [-0.3, -0.25) is 4.79 Å². The predicted octanol–water partition coefficient (Wildman–Crippen LogP) is 2.54. The van der Waals surface area contributed by atoms with E-state index in [2.05, 4.69) is 4.72 Å². The number of nitrogens with one attached hydrogen (secondary N) is 1. The zero-order valence-electron chi connectivity index (χ0n) is 13.3. The Hall–Kier alpha value is -2.25. The van der Waals surface area contributed by atoms with Gasteiger partial charge in [-0.25, -0.2) is 12.8 Å². The molecule has 0 aliphatic heterocycles. The number of aryl methyl sites for hydroxylation is 1. The maximum atomic E-state index is 13.1. The molecule has 1 N–H and O–H groups in total. The van der Waals surface area contributed by atoms with Crippen molar-refractivity contribution in [2.24, 2.45) is 0 Å². The summed E-state index contributed by atoms with van der Waals surface area (Å²) in [5.74, 6) is -1.17. The van der Waals surface area contributed by atoms with Crippen LogP contribution >= 0.6 is 0 Å². The summed E-state index contributed by atoms with van der Waals surface area (Å²) < 4.78 is 44.8. The summed E-state index contributed by atoms with van der Waals surface area (Å²) in [6.45, 7) is 3.10. The molecule has 2 rings (SSSR count). The van der Waals surface area contributed by atoms with E-state index in [1.807, 2.05) is 6.92 Å². The number of carbonyl (C=O) groups is 1. The van der Waals surface area contributed by atoms with Gasteiger partial charge in [-0.2, -0.15) is 4.72 Å². The first-order valence-corrected chi connectivity index (χ1v) is 8.76. The number of benzene rings is 2. The normalized spacial score (nSPS) is 12.6. The lowest BCUT2D eigenvalue weighted by Gasteiger charge is -2.14. The van der Waals surface area contributed by atoms with Crippen molar-refractivity contribution in [3.8, 4) is 0 Å². The van der Waals surface area contributed by atoms with Gasteiger partial charge in [0, 0.05) is 0 Å². The van der Waals surface area contributed by atoms with E-state index >= 15 is 0 Å². The van der Waals surface area contributed by atoms with Gasteiger partial charge in [0.05, 0.1) is 4.90 Å². The Kier molecular flexibility index (Phi) is 5.69. The monoisotopic (exact) mass is 351 g/mol. The van der Waals surface area contributed by atoms with Gasteiger partial charge >= 0.3 is 5.97 Å². The van der Waals surface area contributed by atoms with Crippen LogP contribution in [0.3, 0.4) is 0 Å². The minimum Gasteiger partial charge on any atom is -0.460 e. The number of halogens is 1. The number of esters is 1. The molecule has 5 nitrogen and oxygen atoms in total. The number of ether oxygens (including phenoxy) is 1. The highest BCUT2D eigenvalue weighted by Gasteiger charge is 2.23. The van der Waals surface area contributed by atoms with Crippen LogP contribution in [0.5, 0.6) is 0 Å². The van der Waals surface area contributed by atoms with E-state index in [0.29, 0.717) is 5.56 Å². The molecule has 0 heterocycles. The third kappa shape index (κ3) is 4.87. The molecule has 2 aromatic carbocycles. The van der Waals surface area contributed by atoms with Gasteiger partial charge < -0.3 is 4.74 Å². The lowest BCUT2D eigenvalue weighted by molar-refractivity contribution is -0.146. The molecular formula is C17H18FNO4S. The Bertz CT molecular complexity index is 819. The minimum atomic E-state index is -3.82. The van der Waals surface area contributed by atoms with Crippen LogP contribution in [0.15, 0.2) is 53.4 Å². The Labute approximate surface area is 140 Å². The Morgan fingerprint density at radius 2 is 1.88 bits per heavy atom. The summed E-state index contributed by atoms with van der Waals surface area (Å²) >= 11 is 0. The number of sulfonamides is 1. The van der Waals surface area contributed by atoms with Crippen LogP contribution in [-0.4, -0.2) is 20.4 Å². The summed E-state index contributed by atoms with van der Waals surface area (Å²) in [5, 5.41) is 0. The smallest absolute Gasteiger partial charge is 0.324 e. The molecule has 0 aliphatic rings. The number of hydrogen-bond donors (Lipinski definition) is 1. The van der Waals surface area contributed by atoms with Gasteiger partial charge in [0.1, 0.15) is 18.5 Å². The van der Waals surface area contributed by atoms with Crippen LogP contribution in [0.2, 0.25) is 0 Å². The molecule has 2 aromatic rings. The Morgan fingerprint density at radius 3 is 2.50 bits per heavy atom. The second kappa shape index (κ2) is 7.55. The van der Waals surface area contributed by atoms with Crippen LogP contribution < -0.4 is 4.72 Å². The fourth-order valence-corrected chi connectivity index (χ4v) is 3.16. The van der Waals surface area contributed by atoms with Crippen molar-refractivity contribution in [3.05, 3.63) is 65.5 Å². The lowest BCUT2D eigenvalue weighted by Crippen LogP contribution is -2.39. The van der Waals surface area contributed by atoms with Gasteiger partial charge in [0.2, 0.25) is 10.0 Å². The van der Waals surface area contributed by atoms with Gasteiger partial charge in [0.15, 0.2) is 0 Å². The Morgan fingerprint density at radius 1 is 1.21 bits per heavy atom. The van der Waals surface area contributed by atoms with Crippen molar-refractivity contribution in [2.75, 3.05) is 0 Å². The predicted molar refractivity (Wildman–Crippen MR) is 87.2 cm³/mol. The van der Waals surface area contributed by atoms with Crippen molar-refractivity contribution < 1.29 is 22.3 Å². The molecule has 0 radical (unpaired) electrons. The van der Waals surface area contributed by atoms with Crippen LogP contribution in [0.4, 0.5) is 4.39 Å². The van der Waals surface area contributed by atoms with Gasteiger partial charge in [-0.1, -0.05) is 29.8 Å². The summed E-state index contributed by atoms with van der Waals surface area (Å²) in [6, 6.07) is 10.8. The quantitative estimate of drug-likeness (QED) is 0.812. The minimum absolute atomic E-state index is 0.0675. The summed E-state index contributed by atoms with van der Waals surface area (Å²) in [4.78, 5) is 12.0. The third-order valence-electron chi connectivity index (χ3n) is 3.29. The highest BCUT2D eigenvalue weighted by atomic mass is 32.2. The Balaban J connectivity index is 1.96. The van der Waals surface area contributed by atoms with Crippen molar-refractivity contribution in [1.82, 2.24) is 4.72 Å². The summed E-state index contributed by atoms with van der Waals surface area (Å²) in [7, 11) is -3.82. The number of rotatable bonds is 6. The molecule has 0 aliphatic carbocycles. The highest BCUT2D eigenvalue weighted by molar-refractivity contribution is 7.89. The van der Waals surface area contributed by atoms with Crippen LogP contribution in [0.25, 0.3) is 0 Å². The topological polar surface area (TPSA) is 72.5 Å². The second-order valence-corrected chi connectivity index (χ2v) is 7.11. The largest absolute Gasteiger partial charge is 0.460 e. The average molecular weight is 351 g/mol. The SMILES string of the molecule is Cc1ccc(S(=O)(=O)N[C@@H](C)C(=O)OCc2cccc(F)c2)cc1. The first-order chi connectivity index (χ1) is 11.3. The van der Waals surface area contributed by atoms with E-state index in [1.165, 1.54) is 37.3 Å². The molecule has 0 saturated heterocycles. The van der Waals surface area contributed by atoms with Crippen molar-refractivity contribution in [2.45, 2.75) is 31.4 Å². The van der Waals surface area contributed by atoms with E-state index in [1.54, 1.807) is 18.2 Å². The maximum Gasteiger partial charge on any atom is 0.324 e. The van der Waals surface area contributed by atoms with Crippen LogP contribution in [0.1, 0.15) is 18.1 Å². The molecule has 0 spiro atoms. The highest BCUT2D eigenvalue weighted by Crippen LogP contribution is 2.11. The molecule has 0 saturated carbocycles. The molecular weight excluding hydrogens is 333 g/mol. The maximum absolute atomic E-state index is 13.1. The van der Waals surface area contributed by atoms with E-state index in [-0.39, 0.29) is 11.5 Å². The molecule has 1 atom stereocenters. The van der Waals surface area contributed by atoms with E-state index in [0.717, 1.165) is 5.56 Å². The van der Waals surface area contributed by atoms with Crippen molar-refractivity contribution in [1.29, 1.82) is 0 Å². The standard InChI is InChI=1S/C17H18FNO4S/c1-12-6-8-16(9-7-12)24(21,22)19-13(2)17(20)23-11-14-4-3-5-15(18)10-14/h3-10,13,19H,11H2,1-2H3/t13-/m0/s1. The first kappa shape index (κ1) is 18.1. The molecule has 7 heteroatoms. The van der Waals surface area contributed by atoms with E-state index in [4.69, 9.17) is 4.74 Å². The molecule has 128 valence electrons. The van der Waals surface area contributed by atoms with Crippen LogP contribution in [0, 0.1) is 12.7 Å². The van der Waals surface area contributed by atoms with Crippen molar-refractivity contribution >= 4 is 16.0 Å². The van der Waals surface area contributed by atoms with Crippen molar-refractivity contribution in [3.63, 3.8) is 0 Å². The average Bonchev–Trinajstić information content (AvgIpc) is 2.52. The molecule has 0 bridgehead atoms. The number of carbonyl (C=O) groups excluding carboxylic acids is 1. The zero-order chi connectivity index (χ0) is 17.7. The van der Waals surface area contributed by atoms with Crippen LogP contribution in [-0.2, 0) is 26.2 Å². The molecule has 0 amide bonds. The van der Waals surface area contributed by atoms with Gasteiger partial charge in [0.25, 0.3) is 0 Å². The molecule has 24 heavy (non-hydrogen) atoms. The van der Waals surface area contributed by atoms with E-state index in [9.17, 15) is 17.6 Å². The fraction of sp³-hybridized carbons (Fsp3) is 0.235. The zero-order valence-corrected chi connectivity index (χ0v) is 14.1. The first-order valence-electron chi connectivity index (χ1n) is 7.28. The third-order valence-corrected chi connectivity index (χ3v) is 4.84. The second-order valence-electron chi connectivity index (χ2n) is 5.39. The molecule has 0 fully saturated rings. The lowest BCUT2D eigenvalue weighted by atomic mass is 10.2. The van der Waals surface area contributed by atoms with E-state index < -0.39 is 27.9 Å². The number of hydrogen-bond acceptors (Lipinski definition) is 4. The summed E-state index contributed by atoms with van der Waals surface area (Å²) in [5.41, 5.74) is 1.41.